The minimum absolute atomic E-state index is 0.0249. The van der Waals surface area contributed by atoms with E-state index in [1.807, 2.05) is 28.0 Å². The van der Waals surface area contributed by atoms with Crippen LogP contribution in [0.1, 0.15) is 47.9 Å². The van der Waals surface area contributed by atoms with Crippen LogP contribution in [0.3, 0.4) is 0 Å². The highest BCUT2D eigenvalue weighted by Gasteiger charge is 2.37. The maximum atomic E-state index is 13.4. The van der Waals surface area contributed by atoms with Gasteiger partial charge in [-0.15, -0.1) is 0 Å². The van der Waals surface area contributed by atoms with E-state index in [1.165, 1.54) is 0 Å². The van der Waals surface area contributed by atoms with Gasteiger partial charge in [-0.3, -0.25) is 14.6 Å². The van der Waals surface area contributed by atoms with Gasteiger partial charge in [0.1, 0.15) is 11.6 Å². The first kappa shape index (κ1) is 20.5. The average molecular weight is 434 g/mol. The Morgan fingerprint density at radius 3 is 2.69 bits per heavy atom. The van der Waals surface area contributed by atoms with E-state index in [0.717, 1.165) is 36.2 Å². The number of benzene rings is 1. The summed E-state index contributed by atoms with van der Waals surface area (Å²) in [6, 6.07) is 9.13. The summed E-state index contributed by atoms with van der Waals surface area (Å²) in [5.41, 5.74) is 2.33. The Morgan fingerprint density at radius 2 is 1.91 bits per heavy atom. The Balaban J connectivity index is 1.25. The maximum absolute atomic E-state index is 13.4. The first-order valence-corrected chi connectivity index (χ1v) is 11.2. The first-order chi connectivity index (χ1) is 15.7. The number of carbonyl (C=O) groups excluding carboxylic acids is 2. The zero-order chi connectivity index (χ0) is 22.1. The molecule has 0 bridgehead atoms. The van der Waals surface area contributed by atoms with Crippen molar-refractivity contribution in [3.63, 3.8) is 0 Å². The molecule has 1 unspecified atom stereocenters. The molecule has 1 aromatic carbocycles. The minimum atomic E-state index is -0.0663. The van der Waals surface area contributed by atoms with Crippen molar-refractivity contribution in [2.24, 2.45) is 5.92 Å². The SMILES string of the molecule is COc1ccccc1C(=O)N1CCC(C(=O)N2CCCC2c2nc3ccncc3[nH]2)CC1. The topological polar surface area (TPSA) is 91.4 Å². The summed E-state index contributed by atoms with van der Waals surface area (Å²) < 4.78 is 5.34. The number of H-pyrrole nitrogens is 1. The third-order valence-corrected chi connectivity index (χ3v) is 6.62. The van der Waals surface area contributed by atoms with E-state index in [4.69, 9.17) is 9.72 Å². The summed E-state index contributed by atoms with van der Waals surface area (Å²) >= 11 is 0. The molecule has 4 heterocycles. The van der Waals surface area contributed by atoms with Crippen LogP contribution in [0.5, 0.6) is 5.75 Å². The lowest BCUT2D eigenvalue weighted by Crippen LogP contribution is -2.44. The molecule has 0 spiro atoms. The van der Waals surface area contributed by atoms with Gasteiger partial charge in [-0.25, -0.2) is 4.98 Å². The number of rotatable bonds is 4. The second-order valence-corrected chi connectivity index (χ2v) is 8.47. The van der Waals surface area contributed by atoms with E-state index in [0.29, 0.717) is 37.2 Å². The van der Waals surface area contributed by atoms with Gasteiger partial charge in [0.15, 0.2) is 0 Å². The number of nitrogens with zero attached hydrogens (tertiary/aromatic N) is 4. The van der Waals surface area contributed by atoms with Crippen LogP contribution in [0, 0.1) is 5.92 Å². The number of fused-ring (bicyclic) bond motifs is 1. The predicted octanol–water partition coefficient (Wildman–Crippen LogP) is 3.18. The van der Waals surface area contributed by atoms with E-state index in [-0.39, 0.29) is 23.8 Å². The summed E-state index contributed by atoms with van der Waals surface area (Å²) in [5.74, 6) is 1.49. The standard InChI is InChI=1S/C24H27N5O3/c1-32-21-7-3-2-5-17(21)24(31)28-13-9-16(10-14-28)23(30)29-12-4-6-20(29)22-26-18-8-11-25-15-19(18)27-22/h2-3,5,7-8,11,15-16,20H,4,6,9-10,12-14H2,1H3,(H,26,27). The van der Waals surface area contributed by atoms with E-state index < -0.39 is 0 Å². The highest BCUT2D eigenvalue weighted by atomic mass is 16.5. The zero-order valence-corrected chi connectivity index (χ0v) is 18.2. The molecule has 166 valence electrons. The van der Waals surface area contributed by atoms with Crippen LogP contribution in [0.25, 0.3) is 11.0 Å². The number of para-hydroxylation sites is 1. The molecular weight excluding hydrogens is 406 g/mol. The van der Waals surface area contributed by atoms with Crippen molar-refractivity contribution in [2.45, 2.75) is 31.7 Å². The maximum Gasteiger partial charge on any atom is 0.257 e. The predicted molar refractivity (Wildman–Crippen MR) is 119 cm³/mol. The smallest absolute Gasteiger partial charge is 0.257 e. The van der Waals surface area contributed by atoms with E-state index >= 15 is 0 Å². The van der Waals surface area contributed by atoms with Crippen molar-refractivity contribution in [2.75, 3.05) is 26.7 Å². The Morgan fingerprint density at radius 1 is 1.09 bits per heavy atom. The number of hydrogen-bond donors (Lipinski definition) is 1. The molecule has 32 heavy (non-hydrogen) atoms. The number of pyridine rings is 1. The second kappa shape index (κ2) is 8.61. The molecule has 2 amide bonds. The van der Waals surface area contributed by atoms with Crippen molar-refractivity contribution in [1.82, 2.24) is 24.8 Å². The average Bonchev–Trinajstić information content (AvgIpc) is 3.50. The molecule has 0 radical (unpaired) electrons. The monoisotopic (exact) mass is 433 g/mol. The highest BCUT2D eigenvalue weighted by molar-refractivity contribution is 5.97. The van der Waals surface area contributed by atoms with Gasteiger partial charge in [0.2, 0.25) is 5.91 Å². The molecule has 2 aliphatic heterocycles. The number of carbonyl (C=O) groups is 2. The minimum Gasteiger partial charge on any atom is -0.496 e. The van der Waals surface area contributed by atoms with Crippen LogP contribution in [-0.2, 0) is 4.79 Å². The number of likely N-dealkylation sites (tertiary alicyclic amines) is 2. The highest BCUT2D eigenvalue weighted by Crippen LogP contribution is 2.34. The summed E-state index contributed by atoms with van der Waals surface area (Å²) in [6.07, 6.45) is 6.72. The number of piperidine rings is 1. The fraction of sp³-hybridized carbons (Fsp3) is 0.417. The molecule has 0 saturated carbocycles. The van der Waals surface area contributed by atoms with Gasteiger partial charge in [-0.2, -0.15) is 0 Å². The Kier molecular flexibility index (Phi) is 5.51. The molecule has 2 aromatic heterocycles. The van der Waals surface area contributed by atoms with E-state index in [9.17, 15) is 9.59 Å². The van der Waals surface area contributed by atoms with Crippen LogP contribution in [0.15, 0.2) is 42.7 Å². The van der Waals surface area contributed by atoms with Gasteiger partial charge >= 0.3 is 0 Å². The molecule has 2 aliphatic rings. The number of aromatic amines is 1. The second-order valence-electron chi connectivity index (χ2n) is 8.47. The third kappa shape index (κ3) is 3.70. The van der Waals surface area contributed by atoms with Crippen LogP contribution < -0.4 is 4.74 Å². The fourth-order valence-electron chi connectivity index (χ4n) is 4.90. The largest absolute Gasteiger partial charge is 0.496 e. The van der Waals surface area contributed by atoms with Crippen LogP contribution in [-0.4, -0.2) is 63.3 Å². The van der Waals surface area contributed by atoms with Crippen molar-refractivity contribution < 1.29 is 14.3 Å². The lowest BCUT2D eigenvalue weighted by atomic mass is 9.94. The summed E-state index contributed by atoms with van der Waals surface area (Å²) in [4.78, 5) is 42.4. The first-order valence-electron chi connectivity index (χ1n) is 11.2. The third-order valence-electron chi connectivity index (χ3n) is 6.62. The number of imidazole rings is 1. The number of nitrogens with one attached hydrogen (secondary N) is 1. The summed E-state index contributed by atoms with van der Waals surface area (Å²) in [6.45, 7) is 1.89. The fourth-order valence-corrected chi connectivity index (χ4v) is 4.90. The Labute approximate surface area is 186 Å². The molecule has 2 saturated heterocycles. The van der Waals surface area contributed by atoms with Gasteiger partial charge in [-0.05, 0) is 43.9 Å². The van der Waals surface area contributed by atoms with Crippen LogP contribution in [0.4, 0.5) is 0 Å². The van der Waals surface area contributed by atoms with Gasteiger partial charge < -0.3 is 19.5 Å². The van der Waals surface area contributed by atoms with Gasteiger partial charge in [-0.1, -0.05) is 12.1 Å². The quantitative estimate of drug-likeness (QED) is 0.682. The van der Waals surface area contributed by atoms with Crippen molar-refractivity contribution in [3.8, 4) is 5.75 Å². The molecule has 1 N–H and O–H groups in total. The molecule has 5 rings (SSSR count). The lowest BCUT2D eigenvalue weighted by Gasteiger charge is -2.34. The van der Waals surface area contributed by atoms with E-state index in [1.54, 1.807) is 31.6 Å². The summed E-state index contributed by atoms with van der Waals surface area (Å²) in [7, 11) is 1.57. The van der Waals surface area contributed by atoms with Gasteiger partial charge in [0.25, 0.3) is 5.91 Å². The van der Waals surface area contributed by atoms with Crippen LogP contribution in [0.2, 0.25) is 0 Å². The number of ether oxygens (including phenoxy) is 1. The Hall–Kier alpha value is -3.42. The molecule has 8 nitrogen and oxygen atoms in total. The normalized spacial score (nSPS) is 19.5. The van der Waals surface area contributed by atoms with Crippen molar-refractivity contribution in [1.29, 1.82) is 0 Å². The molecule has 1 atom stereocenters. The molecule has 2 fully saturated rings. The number of amides is 2. The van der Waals surface area contributed by atoms with Crippen LogP contribution >= 0.6 is 0 Å². The van der Waals surface area contributed by atoms with Crippen molar-refractivity contribution >= 4 is 22.8 Å². The van der Waals surface area contributed by atoms with Crippen molar-refractivity contribution in [3.05, 3.63) is 54.1 Å². The number of hydrogen-bond acceptors (Lipinski definition) is 5. The summed E-state index contributed by atoms with van der Waals surface area (Å²) in [5, 5.41) is 0. The number of methoxy groups -OCH3 is 1. The molecule has 8 heteroatoms. The zero-order valence-electron chi connectivity index (χ0n) is 18.2. The van der Waals surface area contributed by atoms with E-state index in [2.05, 4.69) is 9.97 Å². The molecule has 3 aromatic rings. The molecular formula is C24H27N5O3. The van der Waals surface area contributed by atoms with Gasteiger partial charge in [0.05, 0.1) is 35.9 Å². The number of aromatic nitrogens is 3. The molecule has 0 aliphatic carbocycles. The lowest BCUT2D eigenvalue weighted by molar-refractivity contribution is -0.138. The van der Waals surface area contributed by atoms with Gasteiger partial charge in [0, 0.05) is 31.7 Å². The Bertz CT molecular complexity index is 1100.